The van der Waals surface area contributed by atoms with E-state index in [0.29, 0.717) is 53.3 Å². The second-order valence-corrected chi connectivity index (χ2v) is 12.5. The van der Waals surface area contributed by atoms with Gasteiger partial charge in [0.1, 0.15) is 12.1 Å². The highest BCUT2D eigenvalue weighted by Crippen LogP contribution is 2.32. The maximum atomic E-state index is 14.7. The Bertz CT molecular complexity index is 1900. The van der Waals surface area contributed by atoms with E-state index in [1.54, 1.807) is 46.0 Å². The number of nitrogens with two attached hydrogens (primary N) is 1. The van der Waals surface area contributed by atoms with Crippen LogP contribution in [0.5, 0.6) is 0 Å². The molecule has 10 heteroatoms. The van der Waals surface area contributed by atoms with Crippen molar-refractivity contribution < 1.29 is 19.5 Å². The highest BCUT2D eigenvalue weighted by molar-refractivity contribution is 6.33. The number of carbonyl (C=O) groups excluding carboxylic acids is 3. The molecule has 0 aliphatic carbocycles. The fraction of sp³-hybridized carbons (Fsp3) is 0.316. The zero-order chi connectivity index (χ0) is 34.4. The number of aliphatic hydroxyl groups excluding tert-OH is 1. The van der Waals surface area contributed by atoms with Crippen LogP contribution in [0.15, 0.2) is 66.7 Å². The number of primary amides is 1. The first kappa shape index (κ1) is 34.3. The molecule has 0 bridgehead atoms. The zero-order valence-corrected chi connectivity index (χ0v) is 28.3. The molecular weight excluding hydrogens is 626 g/mol. The second kappa shape index (κ2) is 15.2. The fourth-order valence-electron chi connectivity index (χ4n) is 6.06. The Balaban J connectivity index is 1.63. The van der Waals surface area contributed by atoms with Crippen LogP contribution in [0.4, 0.5) is 0 Å². The number of hydrogen-bond donors (Lipinski definition) is 2. The normalized spacial score (nSPS) is 13.8. The van der Waals surface area contributed by atoms with Crippen LogP contribution in [0.1, 0.15) is 87.6 Å². The summed E-state index contributed by atoms with van der Waals surface area (Å²) in [5, 5.41) is 14.6. The molecule has 0 fully saturated rings. The van der Waals surface area contributed by atoms with Gasteiger partial charge >= 0.3 is 0 Å². The Morgan fingerprint density at radius 2 is 1.60 bits per heavy atom. The summed E-state index contributed by atoms with van der Waals surface area (Å²) in [4.78, 5) is 43.9. The summed E-state index contributed by atoms with van der Waals surface area (Å²) in [6, 6.07) is 19.3. The molecule has 1 aliphatic rings. The molecule has 1 atom stereocenters. The summed E-state index contributed by atoms with van der Waals surface area (Å²) < 4.78 is 1.63. The van der Waals surface area contributed by atoms with Gasteiger partial charge in [-0.25, -0.2) is 4.68 Å². The average molecular weight is 666 g/mol. The van der Waals surface area contributed by atoms with Crippen molar-refractivity contribution >= 4 is 29.3 Å². The van der Waals surface area contributed by atoms with E-state index in [1.165, 1.54) is 0 Å². The van der Waals surface area contributed by atoms with Crippen LogP contribution in [0.3, 0.4) is 0 Å². The van der Waals surface area contributed by atoms with Gasteiger partial charge in [-0.1, -0.05) is 74.7 Å². The van der Waals surface area contributed by atoms with Gasteiger partial charge in [-0.15, -0.1) is 0 Å². The molecule has 3 amide bonds. The van der Waals surface area contributed by atoms with Crippen molar-refractivity contribution in [2.75, 3.05) is 13.1 Å². The molecule has 0 unspecified atom stereocenters. The maximum Gasteiger partial charge on any atom is 0.274 e. The third-order valence-corrected chi connectivity index (χ3v) is 9.05. The topological polar surface area (TPSA) is 122 Å². The lowest BCUT2D eigenvalue weighted by Crippen LogP contribution is -2.44. The van der Waals surface area contributed by atoms with E-state index >= 15 is 0 Å². The maximum absolute atomic E-state index is 14.7. The standard InChI is InChI=1S/C38H40ClN5O4/c1-4-6-17-42(18-7-5-2)38(48)34-20-25(3)44(41-34)35-15-13-28(27-12-14-33(39)31(22-27)36(40)46)23-32(35)37(47)43-24-29-11-9-8-10-26(29)21-30(43)16-19-45/h8-15,20,22-23,30,45H,4-7,17-18,21,24H2,1-3H3,(H2,40,46)/t30-/m1/s1. The zero-order valence-electron chi connectivity index (χ0n) is 27.5. The minimum absolute atomic E-state index is 0.144. The third-order valence-electron chi connectivity index (χ3n) is 8.72. The number of aromatic nitrogens is 2. The number of aliphatic hydroxyl groups is 1. The van der Waals surface area contributed by atoms with Crippen molar-refractivity contribution in [3.8, 4) is 28.8 Å². The van der Waals surface area contributed by atoms with E-state index in [2.05, 4.69) is 19.8 Å². The van der Waals surface area contributed by atoms with Crippen LogP contribution in [0.2, 0.25) is 5.02 Å². The number of rotatable bonds is 11. The van der Waals surface area contributed by atoms with Crippen molar-refractivity contribution in [3.05, 3.63) is 105 Å². The summed E-state index contributed by atoms with van der Waals surface area (Å²) in [5.41, 5.74) is 10.9. The number of amides is 3. The lowest BCUT2D eigenvalue weighted by Gasteiger charge is -2.34. The number of benzene rings is 3. The van der Waals surface area contributed by atoms with E-state index in [-0.39, 0.29) is 28.9 Å². The predicted molar refractivity (Wildman–Crippen MR) is 187 cm³/mol. The molecule has 248 valence electrons. The Morgan fingerprint density at radius 1 is 0.958 bits per heavy atom. The van der Waals surface area contributed by atoms with E-state index in [1.807, 2.05) is 48.3 Å². The van der Waals surface area contributed by atoms with Crippen molar-refractivity contribution in [2.45, 2.75) is 65.5 Å². The van der Waals surface area contributed by atoms with Gasteiger partial charge in [0.25, 0.3) is 11.8 Å². The molecule has 1 aromatic heterocycles. The van der Waals surface area contributed by atoms with Crippen LogP contribution >= 0.6 is 11.6 Å². The van der Waals surface area contributed by atoms with Crippen LogP contribution in [-0.4, -0.2) is 61.5 Å². The summed E-state index contributed by atoms with van der Waals surface area (Å²) in [7, 11) is 0. The summed E-state index contributed by atoms with van der Waals surface area (Å²) in [6.45, 7) is 7.63. The molecule has 5 rings (SSSR count). The number of unbranched alkanes of at least 4 members (excludes halogenated alkanes) is 2. The lowest BCUT2D eigenvalue weighted by molar-refractivity contribution is 0.0688. The minimum atomic E-state index is -0.663. The van der Waals surface area contributed by atoms with Gasteiger partial charge in [0.2, 0.25) is 5.91 Å². The fourth-order valence-corrected chi connectivity index (χ4v) is 6.27. The second-order valence-electron chi connectivity index (χ2n) is 12.1. The Labute approximate surface area is 286 Å². The Hall–Kier alpha value is -5.07. The summed E-state index contributed by atoms with van der Waals surface area (Å²) in [5.74, 6) is 1.67. The number of hydrogen-bond acceptors (Lipinski definition) is 5. The van der Waals surface area contributed by atoms with Crippen molar-refractivity contribution in [1.82, 2.24) is 19.6 Å². The Kier molecular flexibility index (Phi) is 10.9. The minimum Gasteiger partial charge on any atom is -0.462 e. The van der Waals surface area contributed by atoms with Gasteiger partial charge in [-0.2, -0.15) is 5.10 Å². The lowest BCUT2D eigenvalue weighted by atomic mass is 9.93. The summed E-state index contributed by atoms with van der Waals surface area (Å²) in [6.07, 6.45) is 6.20. The first-order valence-corrected chi connectivity index (χ1v) is 16.7. The van der Waals surface area contributed by atoms with Crippen LogP contribution in [0, 0.1) is 19.0 Å². The SMILES string of the molecule is CCCCN(CCCC)C(=O)c1cc(C)n(-c2ccc(-c3ccc(Cl)c(C(N)=O)c3)cc2C(=O)N2Cc3ccccc3C[C@H]2C#CO)n1. The monoisotopic (exact) mass is 665 g/mol. The molecule has 1 aliphatic heterocycles. The first-order valence-electron chi connectivity index (χ1n) is 16.3. The smallest absolute Gasteiger partial charge is 0.274 e. The largest absolute Gasteiger partial charge is 0.462 e. The molecule has 0 radical (unpaired) electrons. The van der Waals surface area contributed by atoms with Crippen LogP contribution < -0.4 is 5.73 Å². The van der Waals surface area contributed by atoms with E-state index in [0.717, 1.165) is 36.8 Å². The number of halogens is 1. The molecule has 3 aromatic carbocycles. The van der Waals surface area contributed by atoms with Crippen LogP contribution in [-0.2, 0) is 13.0 Å². The molecule has 9 nitrogen and oxygen atoms in total. The van der Waals surface area contributed by atoms with E-state index in [9.17, 15) is 19.5 Å². The molecule has 0 saturated carbocycles. The number of fused-ring (bicyclic) bond motifs is 1. The predicted octanol–water partition coefficient (Wildman–Crippen LogP) is 6.54. The highest BCUT2D eigenvalue weighted by atomic mass is 35.5. The molecule has 4 aromatic rings. The highest BCUT2D eigenvalue weighted by Gasteiger charge is 2.32. The van der Waals surface area contributed by atoms with E-state index in [4.69, 9.17) is 22.4 Å². The van der Waals surface area contributed by atoms with Crippen LogP contribution in [0.25, 0.3) is 16.8 Å². The number of aryl methyl sites for hydroxylation is 1. The van der Waals surface area contributed by atoms with E-state index < -0.39 is 11.9 Å². The van der Waals surface area contributed by atoms with Gasteiger partial charge in [-0.3, -0.25) is 14.4 Å². The van der Waals surface area contributed by atoms with Gasteiger partial charge in [-0.05, 0) is 78.3 Å². The molecule has 3 N–H and O–H groups in total. The van der Waals surface area contributed by atoms with Gasteiger partial charge < -0.3 is 20.6 Å². The van der Waals surface area contributed by atoms with Gasteiger partial charge in [0.05, 0.1) is 21.8 Å². The van der Waals surface area contributed by atoms with Gasteiger partial charge in [0.15, 0.2) is 5.69 Å². The van der Waals surface area contributed by atoms with Crippen molar-refractivity contribution in [2.24, 2.45) is 5.73 Å². The molecule has 48 heavy (non-hydrogen) atoms. The third kappa shape index (κ3) is 7.24. The number of nitrogens with zero attached hydrogens (tertiary/aromatic N) is 4. The average Bonchev–Trinajstić information content (AvgIpc) is 3.48. The molecule has 0 saturated heterocycles. The van der Waals surface area contributed by atoms with Gasteiger partial charge in [0, 0.05) is 31.7 Å². The Morgan fingerprint density at radius 3 is 2.25 bits per heavy atom. The van der Waals surface area contributed by atoms with Crippen molar-refractivity contribution in [3.63, 3.8) is 0 Å². The first-order chi connectivity index (χ1) is 23.2. The molecule has 2 heterocycles. The number of carbonyl (C=O) groups is 3. The molecule has 0 spiro atoms. The summed E-state index contributed by atoms with van der Waals surface area (Å²) >= 11 is 6.24. The molecular formula is C38H40ClN5O4. The quantitative estimate of drug-likeness (QED) is 0.176. The van der Waals surface area contributed by atoms with Crippen molar-refractivity contribution in [1.29, 1.82) is 0 Å².